The smallest absolute Gasteiger partial charge is 0.240 e. The average Bonchev–Trinajstić information content (AvgIpc) is 2.38. The molecule has 0 saturated carbocycles. The number of carbonyl (C=O) groups excluding carboxylic acids is 1. The van der Waals surface area contributed by atoms with Crippen LogP contribution in [0.2, 0.25) is 0 Å². The summed E-state index contributed by atoms with van der Waals surface area (Å²) < 4.78 is 30.5. The van der Waals surface area contributed by atoms with Gasteiger partial charge in [0.25, 0.3) is 0 Å². The van der Waals surface area contributed by atoms with Gasteiger partial charge in [-0.15, -0.1) is 0 Å². The molecule has 0 radical (unpaired) electrons. The van der Waals surface area contributed by atoms with Crippen LogP contribution in [0.25, 0.3) is 0 Å². The molecule has 1 rings (SSSR count). The Kier molecular flexibility index (Phi) is 6.63. The van der Waals surface area contributed by atoms with Crippen LogP contribution in [-0.2, 0) is 19.6 Å². The van der Waals surface area contributed by atoms with E-state index in [-0.39, 0.29) is 12.5 Å². The lowest BCUT2D eigenvalue weighted by atomic mass is 10.2. The fraction of sp³-hybridized carbons (Fsp3) is 0.462. The molecule has 0 spiro atoms. The average molecular weight is 379 g/mol. The topological polar surface area (TPSA) is 75.7 Å². The van der Waals surface area contributed by atoms with Gasteiger partial charge in [0, 0.05) is 18.1 Å². The van der Waals surface area contributed by atoms with E-state index in [2.05, 4.69) is 21.2 Å². The van der Waals surface area contributed by atoms with Gasteiger partial charge in [-0.25, -0.2) is 8.42 Å². The van der Waals surface area contributed by atoms with E-state index in [0.717, 1.165) is 20.6 Å². The Labute approximate surface area is 133 Å². The van der Waals surface area contributed by atoms with Crippen LogP contribution in [0.1, 0.15) is 5.56 Å². The fourth-order valence-corrected chi connectivity index (χ4v) is 2.83. The Balaban J connectivity index is 2.92. The Morgan fingerprint density at radius 3 is 2.62 bits per heavy atom. The van der Waals surface area contributed by atoms with Crippen molar-refractivity contribution in [3.63, 3.8) is 0 Å². The lowest BCUT2D eigenvalue weighted by molar-refractivity contribution is -0.119. The van der Waals surface area contributed by atoms with Crippen molar-refractivity contribution in [2.45, 2.75) is 6.92 Å². The summed E-state index contributed by atoms with van der Waals surface area (Å²) in [6, 6.07) is 5.14. The lowest BCUT2D eigenvalue weighted by Gasteiger charge is -2.22. The van der Waals surface area contributed by atoms with Gasteiger partial charge in [-0.2, -0.15) is 0 Å². The van der Waals surface area contributed by atoms with Gasteiger partial charge in [0.2, 0.25) is 15.9 Å². The number of nitrogens with zero attached hydrogens (tertiary/aromatic N) is 1. The number of methoxy groups -OCH3 is 1. The van der Waals surface area contributed by atoms with Gasteiger partial charge < -0.3 is 10.1 Å². The second kappa shape index (κ2) is 7.77. The van der Waals surface area contributed by atoms with E-state index >= 15 is 0 Å². The molecule has 0 aliphatic heterocycles. The molecule has 0 aliphatic carbocycles. The number of ether oxygens (including phenoxy) is 1. The molecule has 1 aromatic rings. The molecule has 8 heteroatoms. The highest BCUT2D eigenvalue weighted by Crippen LogP contribution is 2.25. The third-order valence-electron chi connectivity index (χ3n) is 2.76. The minimum absolute atomic E-state index is 0.266. The number of carbonyl (C=O) groups is 1. The third kappa shape index (κ3) is 5.64. The molecule has 0 aliphatic rings. The van der Waals surface area contributed by atoms with Gasteiger partial charge in [0.1, 0.15) is 6.54 Å². The number of halogens is 1. The van der Waals surface area contributed by atoms with Crippen molar-refractivity contribution in [1.82, 2.24) is 5.32 Å². The Morgan fingerprint density at radius 2 is 2.10 bits per heavy atom. The zero-order valence-electron chi connectivity index (χ0n) is 12.2. The molecule has 6 nitrogen and oxygen atoms in total. The maximum absolute atomic E-state index is 11.9. The summed E-state index contributed by atoms with van der Waals surface area (Å²) in [7, 11) is -2.03. The first kappa shape index (κ1) is 17.9. The van der Waals surface area contributed by atoms with Crippen LogP contribution in [0.15, 0.2) is 22.7 Å². The molecular formula is C13H19BrN2O4S. The maximum Gasteiger partial charge on any atom is 0.240 e. The molecule has 1 amide bonds. The van der Waals surface area contributed by atoms with Gasteiger partial charge in [-0.05, 0) is 24.6 Å². The van der Waals surface area contributed by atoms with Crippen molar-refractivity contribution < 1.29 is 17.9 Å². The number of anilines is 1. The highest BCUT2D eigenvalue weighted by atomic mass is 79.9. The summed E-state index contributed by atoms with van der Waals surface area (Å²) in [6.07, 6.45) is 1.07. The molecule has 21 heavy (non-hydrogen) atoms. The molecule has 0 heterocycles. The summed E-state index contributed by atoms with van der Waals surface area (Å²) in [6.45, 7) is 2.35. The van der Waals surface area contributed by atoms with Gasteiger partial charge in [0.15, 0.2) is 0 Å². The molecule has 0 atom stereocenters. The molecule has 0 aromatic heterocycles. The number of hydrogen-bond acceptors (Lipinski definition) is 4. The summed E-state index contributed by atoms with van der Waals surface area (Å²) >= 11 is 3.36. The predicted octanol–water partition coefficient (Wildman–Crippen LogP) is 1.29. The van der Waals surface area contributed by atoms with E-state index in [1.54, 1.807) is 18.2 Å². The van der Waals surface area contributed by atoms with Gasteiger partial charge in [-0.3, -0.25) is 9.10 Å². The number of benzene rings is 1. The Hall–Kier alpha value is -1.12. The zero-order valence-corrected chi connectivity index (χ0v) is 14.6. The van der Waals surface area contributed by atoms with E-state index in [0.29, 0.717) is 18.8 Å². The number of amides is 1. The summed E-state index contributed by atoms with van der Waals surface area (Å²) in [5.41, 5.74) is 1.42. The van der Waals surface area contributed by atoms with Gasteiger partial charge in [-0.1, -0.05) is 22.0 Å². The van der Waals surface area contributed by atoms with Crippen LogP contribution in [0.3, 0.4) is 0 Å². The fourth-order valence-electron chi connectivity index (χ4n) is 1.62. The first-order valence-corrected chi connectivity index (χ1v) is 8.89. The van der Waals surface area contributed by atoms with Crippen LogP contribution in [0.4, 0.5) is 5.69 Å². The molecule has 0 saturated heterocycles. The second-order valence-corrected chi connectivity index (χ2v) is 7.31. The predicted molar refractivity (Wildman–Crippen MR) is 86.0 cm³/mol. The normalized spacial score (nSPS) is 11.2. The SMILES string of the molecule is COCCNC(=O)CN(c1ccc(C)c(Br)c1)S(C)(=O)=O. The van der Waals surface area contributed by atoms with E-state index in [4.69, 9.17) is 4.74 Å². The minimum atomic E-state index is -3.55. The van der Waals surface area contributed by atoms with Crippen LogP contribution in [0.5, 0.6) is 0 Å². The van der Waals surface area contributed by atoms with Crippen molar-refractivity contribution >= 4 is 37.5 Å². The number of hydrogen-bond donors (Lipinski definition) is 1. The van der Waals surface area contributed by atoms with Crippen molar-refractivity contribution in [3.05, 3.63) is 28.2 Å². The molecule has 0 unspecified atom stereocenters. The third-order valence-corrected chi connectivity index (χ3v) is 4.75. The highest BCUT2D eigenvalue weighted by molar-refractivity contribution is 9.10. The maximum atomic E-state index is 11.9. The van der Waals surface area contributed by atoms with E-state index in [9.17, 15) is 13.2 Å². The Morgan fingerprint density at radius 1 is 1.43 bits per heavy atom. The molecule has 1 aromatic carbocycles. The minimum Gasteiger partial charge on any atom is -0.383 e. The first-order valence-electron chi connectivity index (χ1n) is 6.25. The molecule has 0 fully saturated rings. The van der Waals surface area contributed by atoms with Gasteiger partial charge in [0.05, 0.1) is 18.6 Å². The molecule has 0 bridgehead atoms. The molecule has 118 valence electrons. The van der Waals surface area contributed by atoms with E-state index in [1.165, 1.54) is 7.11 Å². The zero-order chi connectivity index (χ0) is 16.0. The second-order valence-electron chi connectivity index (χ2n) is 4.55. The van der Waals surface area contributed by atoms with Crippen LogP contribution in [-0.4, -0.2) is 47.4 Å². The van der Waals surface area contributed by atoms with Crippen LogP contribution >= 0.6 is 15.9 Å². The molecular weight excluding hydrogens is 360 g/mol. The van der Waals surface area contributed by atoms with Crippen molar-refractivity contribution in [2.24, 2.45) is 0 Å². The molecule has 1 N–H and O–H groups in total. The standard InChI is InChI=1S/C13H19BrN2O4S/c1-10-4-5-11(8-12(10)14)16(21(3,18)19)9-13(17)15-6-7-20-2/h4-5,8H,6-7,9H2,1-3H3,(H,15,17). The van der Waals surface area contributed by atoms with Crippen molar-refractivity contribution in [1.29, 1.82) is 0 Å². The summed E-state index contributed by atoms with van der Waals surface area (Å²) in [5, 5.41) is 2.60. The summed E-state index contributed by atoms with van der Waals surface area (Å²) in [4.78, 5) is 11.8. The largest absolute Gasteiger partial charge is 0.383 e. The monoisotopic (exact) mass is 378 g/mol. The van der Waals surface area contributed by atoms with Gasteiger partial charge >= 0.3 is 0 Å². The van der Waals surface area contributed by atoms with Crippen molar-refractivity contribution in [2.75, 3.05) is 37.4 Å². The number of nitrogens with one attached hydrogen (secondary N) is 1. The quantitative estimate of drug-likeness (QED) is 0.725. The number of rotatable bonds is 7. The first-order chi connectivity index (χ1) is 9.75. The lowest BCUT2D eigenvalue weighted by Crippen LogP contribution is -2.41. The van der Waals surface area contributed by atoms with Crippen LogP contribution < -0.4 is 9.62 Å². The van der Waals surface area contributed by atoms with E-state index in [1.807, 2.05) is 6.92 Å². The number of aryl methyl sites for hydroxylation is 1. The van der Waals surface area contributed by atoms with Crippen molar-refractivity contribution in [3.8, 4) is 0 Å². The Bertz CT molecular complexity index is 604. The van der Waals surface area contributed by atoms with Crippen LogP contribution in [0, 0.1) is 6.92 Å². The summed E-state index contributed by atoms with van der Waals surface area (Å²) in [5.74, 6) is -0.380. The highest BCUT2D eigenvalue weighted by Gasteiger charge is 2.21. The number of sulfonamides is 1. The van der Waals surface area contributed by atoms with E-state index < -0.39 is 10.0 Å².